The molecule has 0 rings (SSSR count). The minimum absolute atomic E-state index is 0. The molecule has 0 aliphatic rings. The zero-order valence-corrected chi connectivity index (χ0v) is 23.4. The Morgan fingerprint density at radius 1 is 0.571 bits per heavy atom. The molecule has 0 aliphatic carbocycles. The van der Waals surface area contributed by atoms with Gasteiger partial charge in [-0.05, 0) is 19.8 Å². The van der Waals surface area contributed by atoms with Crippen LogP contribution < -0.4 is 0 Å². The van der Waals surface area contributed by atoms with Crippen LogP contribution in [0.3, 0.4) is 0 Å². The van der Waals surface area contributed by atoms with E-state index < -0.39 is 0 Å². The first-order valence-electron chi connectivity index (χ1n) is 10.6. The monoisotopic (exact) mass is 458 g/mol. The van der Waals surface area contributed by atoms with E-state index in [0.717, 1.165) is 5.92 Å². The van der Waals surface area contributed by atoms with Crippen LogP contribution in [0.5, 0.6) is 0 Å². The zero-order valence-electron chi connectivity index (χ0n) is 22.0. The van der Waals surface area contributed by atoms with Crippen molar-refractivity contribution in [3.63, 3.8) is 0 Å². The van der Waals surface area contributed by atoms with Gasteiger partial charge in [0.15, 0.2) is 0 Å². The quantitative estimate of drug-likeness (QED) is 0.271. The van der Waals surface area contributed by atoms with Gasteiger partial charge in [0, 0.05) is 81.4 Å². The molecule has 0 spiro atoms. The third-order valence-electron chi connectivity index (χ3n) is 1.01. The molecule has 0 bridgehead atoms. The molecule has 0 amide bonds. The maximum atomic E-state index is 2.96. The second-order valence-electron chi connectivity index (χ2n) is 3.32. The van der Waals surface area contributed by atoms with Crippen molar-refractivity contribution in [1.29, 1.82) is 0 Å². The largest absolute Gasteiger partial charge is 0.106 e. The molecule has 0 fully saturated rings. The first-order valence-corrected chi connectivity index (χ1v) is 10.6. The second-order valence-corrected chi connectivity index (χ2v) is 3.32. The van der Waals surface area contributed by atoms with Crippen LogP contribution in [-0.2, 0) is 0 Å². The van der Waals surface area contributed by atoms with Crippen LogP contribution in [0.2, 0.25) is 0 Å². The van der Waals surface area contributed by atoms with Crippen LogP contribution in [0, 0.1) is 99.2 Å². The fraction of sp³-hybridized carbons (Fsp3) is 0.846. The molecule has 186 valence electrons. The Morgan fingerprint density at radius 3 is 0.786 bits per heavy atom. The SMILES string of the molecule is C.C.C/C=C/C(C)C.CC.CC.CC.CC.CC.CC.CC#CC(C)C.[Ar].[Ar]. The Hall–Kier alpha value is 1.82. The Kier molecular flexibility index (Phi) is 445. The molecule has 0 unspecified atom stereocenters. The van der Waals surface area contributed by atoms with Gasteiger partial charge in [0.05, 0.1) is 0 Å². The van der Waals surface area contributed by atoms with E-state index in [2.05, 4.69) is 51.7 Å². The zero-order chi connectivity index (χ0) is 22.0. The molecule has 0 aliphatic heterocycles. The van der Waals surface area contributed by atoms with Gasteiger partial charge in [-0.2, -0.15) is 0 Å². The van der Waals surface area contributed by atoms with Crippen LogP contribution in [0.4, 0.5) is 0 Å². The summed E-state index contributed by atoms with van der Waals surface area (Å²) in [5.74, 6) is 7.03. The van der Waals surface area contributed by atoms with Crippen LogP contribution in [0.1, 0.15) is 139 Å². The molecule has 0 N–H and O–H groups in total. The van der Waals surface area contributed by atoms with Crippen molar-refractivity contribution in [2.75, 3.05) is 0 Å². The second kappa shape index (κ2) is 160. The predicted octanol–water partition coefficient (Wildman–Crippen LogP) is 11.3. The first-order chi connectivity index (χ1) is 11.5. The van der Waals surface area contributed by atoms with E-state index >= 15 is 0 Å². The van der Waals surface area contributed by atoms with E-state index in [1.165, 1.54) is 0 Å². The molecule has 0 atom stereocenters. The van der Waals surface area contributed by atoms with Gasteiger partial charge in [-0.3, -0.25) is 0 Å². The third-order valence-corrected chi connectivity index (χ3v) is 1.01. The fourth-order valence-corrected chi connectivity index (χ4v) is 0.674. The van der Waals surface area contributed by atoms with Crippen molar-refractivity contribution in [1.82, 2.24) is 0 Å². The van der Waals surface area contributed by atoms with E-state index in [-0.39, 0.29) is 90.3 Å². The van der Waals surface area contributed by atoms with Crippen LogP contribution in [0.25, 0.3) is 0 Å². The molecule has 28 heavy (non-hydrogen) atoms. The minimum atomic E-state index is 0. The molecule has 0 aromatic rings. The Morgan fingerprint density at radius 2 is 0.786 bits per heavy atom. The van der Waals surface area contributed by atoms with E-state index in [0.29, 0.717) is 5.92 Å². The summed E-state index contributed by atoms with van der Waals surface area (Å²) in [6.07, 6.45) is 4.24. The molecule has 0 heterocycles. The van der Waals surface area contributed by atoms with Crippen molar-refractivity contribution in [3.8, 4) is 11.8 Å². The molecule has 0 saturated carbocycles. The molecule has 0 aromatic carbocycles. The third kappa shape index (κ3) is 327. The number of hydrogen-bond acceptors (Lipinski definition) is 0. The number of rotatable bonds is 1. The van der Waals surface area contributed by atoms with Gasteiger partial charge in [0.2, 0.25) is 0 Å². The Bertz CT molecular complexity index is 161. The molecule has 0 aromatic heterocycles. The minimum Gasteiger partial charge on any atom is -0.106 e. The normalized spacial score (nSPS) is 5.29. The standard InChI is InChI=1S/C6H12.C6H10.6C2H6.2CH4.2Ar/c2*1-4-5-6(2)3;6*1-2;;;;/h4-6H,1-3H3;6H,1-3H3;6*1-2H3;2*1H4;;/b5-4+;;;;;;;;;;;. The van der Waals surface area contributed by atoms with Gasteiger partial charge < -0.3 is 0 Å². The summed E-state index contributed by atoms with van der Waals surface area (Å²) in [4.78, 5) is 0. The molecule has 0 saturated heterocycles. The first kappa shape index (κ1) is 78.0. The summed E-state index contributed by atoms with van der Waals surface area (Å²) in [5.41, 5.74) is 0. The smallest absolute Gasteiger partial charge is 0.0146 e. The van der Waals surface area contributed by atoms with E-state index in [1.54, 1.807) is 0 Å². The van der Waals surface area contributed by atoms with E-state index in [1.807, 2.05) is 96.9 Å². The molecule has 2 heteroatoms. The molecule has 0 radical (unpaired) electrons. The topological polar surface area (TPSA) is 0 Å². The average molecular weight is 459 g/mol. The van der Waals surface area contributed by atoms with Gasteiger partial charge in [-0.25, -0.2) is 0 Å². The van der Waals surface area contributed by atoms with E-state index in [4.69, 9.17) is 0 Å². The Labute approximate surface area is 247 Å². The molecular weight excluding hydrogens is 392 g/mol. The maximum Gasteiger partial charge on any atom is 0.0146 e. The predicted molar refractivity (Wildman–Crippen MR) is 139 cm³/mol. The van der Waals surface area contributed by atoms with Crippen LogP contribution in [-0.4, -0.2) is 0 Å². The number of allylic oxidation sites excluding steroid dienone is 2. The van der Waals surface area contributed by atoms with Crippen molar-refractivity contribution in [3.05, 3.63) is 12.2 Å². The molecular formula is C26H66Ar2. The summed E-state index contributed by atoms with van der Waals surface area (Å²) >= 11 is 0. The van der Waals surface area contributed by atoms with Crippen molar-refractivity contribution in [2.45, 2.75) is 139 Å². The van der Waals surface area contributed by atoms with Crippen molar-refractivity contribution < 1.29 is 75.5 Å². The summed E-state index contributed by atoms with van der Waals surface area (Å²) in [7, 11) is 0. The van der Waals surface area contributed by atoms with Gasteiger partial charge >= 0.3 is 0 Å². The van der Waals surface area contributed by atoms with Crippen LogP contribution in [0.15, 0.2) is 12.2 Å². The summed E-state index contributed by atoms with van der Waals surface area (Å²) < 4.78 is 0. The average Bonchev–Trinajstić information content (AvgIpc) is 2.65. The van der Waals surface area contributed by atoms with Gasteiger partial charge in [0.1, 0.15) is 0 Å². The fourth-order valence-electron chi connectivity index (χ4n) is 0.674. The van der Waals surface area contributed by atoms with E-state index in [9.17, 15) is 0 Å². The number of hydrogen-bond donors (Lipinski definition) is 0. The van der Waals surface area contributed by atoms with Gasteiger partial charge in [0.25, 0.3) is 0 Å². The summed E-state index contributed by atoms with van der Waals surface area (Å²) in [5, 5.41) is 0. The van der Waals surface area contributed by atoms with Crippen molar-refractivity contribution >= 4 is 0 Å². The summed E-state index contributed by atoms with van der Waals surface area (Å²) in [6.45, 7) is 36.4. The maximum absolute atomic E-state index is 2.96. The van der Waals surface area contributed by atoms with Crippen molar-refractivity contribution in [2.24, 2.45) is 11.8 Å². The summed E-state index contributed by atoms with van der Waals surface area (Å²) in [6, 6.07) is 0. The van der Waals surface area contributed by atoms with Gasteiger partial charge in [-0.15, -0.1) is 11.8 Å². The van der Waals surface area contributed by atoms with Crippen LogP contribution >= 0.6 is 0 Å². The molecule has 0 nitrogen and oxygen atoms in total. The van der Waals surface area contributed by atoms with Gasteiger partial charge in [-0.1, -0.05) is 138 Å². The Balaban J connectivity index is -0.0000000110.